The maximum Gasteiger partial charge on any atom is 2.00 e. The minimum absolute atomic E-state index is 0. The van der Waals surface area contributed by atoms with Crippen LogP contribution in [0.4, 0.5) is 0 Å². The summed E-state index contributed by atoms with van der Waals surface area (Å²) >= 11 is 9.53. The SMILES string of the molecule is C1CCN(P(N2CCCC2)N2CCCC2)C1.C1CCN(P(N2CCCC2)N2CCCC2)C1.ClCCl.[Cl-].[Cl-].[Pt+2]. The minimum Gasteiger partial charge on any atom is -1.00 e. The van der Waals surface area contributed by atoms with Gasteiger partial charge in [0, 0.05) is 78.5 Å². The second-order valence-corrected chi connectivity index (χ2v) is 15.9. The Morgan fingerprint density at radius 3 is 0.553 bits per heavy atom. The molecule has 0 spiro atoms. The van der Waals surface area contributed by atoms with Crippen molar-refractivity contribution in [1.82, 2.24) is 28.0 Å². The van der Waals surface area contributed by atoms with Gasteiger partial charge in [-0.25, -0.2) is 0 Å². The van der Waals surface area contributed by atoms with E-state index in [4.69, 9.17) is 23.2 Å². The molecule has 13 heteroatoms. The van der Waals surface area contributed by atoms with Gasteiger partial charge in [-0.3, -0.25) is 28.0 Å². The molecule has 0 unspecified atom stereocenters. The molecule has 0 atom stereocenters. The van der Waals surface area contributed by atoms with Gasteiger partial charge in [-0.15, -0.1) is 23.2 Å². The molecule has 0 aromatic carbocycles. The predicted octanol–water partition coefficient (Wildman–Crippen LogP) is 0.428. The van der Waals surface area contributed by atoms with E-state index in [0.29, 0.717) is 0 Å². The summed E-state index contributed by atoms with van der Waals surface area (Å²) in [4.78, 5) is 0. The Hall–Kier alpha value is 2.47. The van der Waals surface area contributed by atoms with Gasteiger partial charge in [-0.05, 0) is 77.0 Å². The average molecular weight is 834 g/mol. The van der Waals surface area contributed by atoms with Crippen LogP contribution in [0.25, 0.3) is 0 Å². The third kappa shape index (κ3) is 11.5. The van der Waals surface area contributed by atoms with E-state index in [1.807, 2.05) is 0 Å². The Labute approximate surface area is 273 Å². The van der Waals surface area contributed by atoms with E-state index in [-0.39, 0.29) is 68.0 Å². The zero-order chi connectivity index (χ0) is 24.3. The first-order valence-electron chi connectivity index (χ1n) is 14.5. The average Bonchev–Trinajstić information content (AvgIpc) is 3.70. The quantitative estimate of drug-likeness (QED) is 0.284. The number of alkyl halides is 2. The van der Waals surface area contributed by atoms with Crippen LogP contribution in [0.2, 0.25) is 0 Å². The van der Waals surface area contributed by atoms with Crippen molar-refractivity contribution in [3.8, 4) is 0 Å². The van der Waals surface area contributed by atoms with Gasteiger partial charge < -0.3 is 24.8 Å². The van der Waals surface area contributed by atoms with Crippen LogP contribution < -0.4 is 24.8 Å². The van der Waals surface area contributed by atoms with Crippen molar-refractivity contribution in [2.24, 2.45) is 0 Å². The molecule has 6 rings (SSSR count). The molecule has 6 nitrogen and oxygen atoms in total. The van der Waals surface area contributed by atoms with E-state index < -0.39 is 0 Å². The van der Waals surface area contributed by atoms with Crippen molar-refractivity contribution in [1.29, 1.82) is 0 Å². The predicted molar refractivity (Wildman–Crippen MR) is 155 cm³/mol. The molecule has 0 aromatic heterocycles. The fourth-order valence-corrected chi connectivity index (χ4v) is 12.3. The maximum absolute atomic E-state index is 4.76. The molecule has 6 heterocycles. The van der Waals surface area contributed by atoms with Crippen LogP contribution in [-0.4, -0.2) is 112 Å². The van der Waals surface area contributed by atoms with Crippen molar-refractivity contribution in [3.05, 3.63) is 0 Å². The Morgan fingerprint density at radius 1 is 0.342 bits per heavy atom. The smallest absolute Gasteiger partial charge is 1.00 e. The number of nitrogens with zero attached hydrogens (tertiary/aromatic N) is 6. The number of halogens is 4. The number of hydrogen-bond donors (Lipinski definition) is 0. The Balaban J connectivity index is 0.000000322. The Bertz CT molecular complexity index is 448. The van der Waals surface area contributed by atoms with Crippen LogP contribution in [0.15, 0.2) is 0 Å². The van der Waals surface area contributed by atoms with Crippen LogP contribution in [0.5, 0.6) is 0 Å². The summed E-state index contributed by atoms with van der Waals surface area (Å²) in [5.41, 5.74) is 0. The molecule has 6 saturated heterocycles. The van der Waals surface area contributed by atoms with Crippen molar-refractivity contribution < 1.29 is 45.9 Å². The summed E-state index contributed by atoms with van der Waals surface area (Å²) in [6, 6.07) is 0. The molecular formula is C25H50Cl4N6P2Pt. The van der Waals surface area contributed by atoms with Gasteiger partial charge in [0.15, 0.2) is 0 Å². The topological polar surface area (TPSA) is 19.4 Å². The third-order valence-electron chi connectivity index (χ3n) is 8.01. The van der Waals surface area contributed by atoms with Crippen molar-refractivity contribution in [2.45, 2.75) is 77.0 Å². The summed E-state index contributed by atoms with van der Waals surface area (Å²) < 4.78 is 16.8. The second kappa shape index (κ2) is 22.0. The van der Waals surface area contributed by atoms with Crippen molar-refractivity contribution in [3.63, 3.8) is 0 Å². The van der Waals surface area contributed by atoms with Crippen LogP contribution in [0.1, 0.15) is 77.0 Å². The fraction of sp³-hybridized carbons (Fsp3) is 1.00. The molecule has 228 valence electrons. The zero-order valence-electron chi connectivity index (χ0n) is 23.1. The first-order chi connectivity index (χ1) is 17.3. The van der Waals surface area contributed by atoms with Crippen molar-refractivity contribution >= 4 is 39.9 Å². The van der Waals surface area contributed by atoms with Crippen LogP contribution >= 0.6 is 39.9 Å². The molecule has 0 saturated carbocycles. The van der Waals surface area contributed by atoms with Crippen molar-refractivity contribution in [2.75, 3.05) is 83.9 Å². The molecule has 0 aliphatic carbocycles. The van der Waals surface area contributed by atoms with Crippen LogP contribution in [0, 0.1) is 0 Å². The number of rotatable bonds is 6. The largest absolute Gasteiger partial charge is 2.00 e. The van der Waals surface area contributed by atoms with Gasteiger partial charge in [-0.1, -0.05) is 0 Å². The van der Waals surface area contributed by atoms with E-state index in [1.54, 1.807) is 0 Å². The van der Waals surface area contributed by atoms with E-state index in [0.717, 1.165) is 0 Å². The Kier molecular flexibility index (Phi) is 22.3. The summed E-state index contributed by atoms with van der Waals surface area (Å²) in [7, 11) is -0.128. The summed E-state index contributed by atoms with van der Waals surface area (Å²) in [6.07, 6.45) is 17.2. The molecule has 0 radical (unpaired) electrons. The molecular weight excluding hydrogens is 783 g/mol. The second-order valence-electron chi connectivity index (χ2n) is 10.6. The third-order valence-corrected chi connectivity index (χ3v) is 13.4. The van der Waals surface area contributed by atoms with Gasteiger partial charge in [0.25, 0.3) is 0 Å². The summed E-state index contributed by atoms with van der Waals surface area (Å²) in [6.45, 7) is 16.3. The molecule has 6 aliphatic rings. The number of hydrogen-bond acceptors (Lipinski definition) is 6. The van der Waals surface area contributed by atoms with Crippen LogP contribution in [-0.2, 0) is 21.1 Å². The standard InChI is InChI=1S/2C12H24N3P.CH2Cl2.2ClH.Pt/c2*1-2-8-13(7-1)16(14-9-3-4-10-14)15-11-5-6-12-15;2-1-3;;;/h2*1-12H2;1H2;2*1H;/q;;;;;+2/p-2. The molecule has 38 heavy (non-hydrogen) atoms. The minimum atomic E-state index is -0.0640. The van der Waals surface area contributed by atoms with E-state index in [9.17, 15) is 0 Å². The van der Waals surface area contributed by atoms with Crippen LogP contribution in [0.3, 0.4) is 0 Å². The van der Waals surface area contributed by atoms with Gasteiger partial charge in [-0.2, -0.15) is 0 Å². The zero-order valence-corrected chi connectivity index (χ0v) is 30.2. The fourth-order valence-electron chi connectivity index (χ4n) is 6.35. The molecule has 0 aromatic rings. The molecule has 0 amide bonds. The van der Waals surface area contributed by atoms with E-state index in [2.05, 4.69) is 28.0 Å². The first kappa shape index (κ1) is 38.5. The summed E-state index contributed by atoms with van der Waals surface area (Å²) in [5, 5.41) is 0.194. The summed E-state index contributed by atoms with van der Waals surface area (Å²) in [5.74, 6) is 0. The maximum atomic E-state index is 4.76. The van der Waals surface area contributed by atoms with Gasteiger partial charge in [0.2, 0.25) is 0 Å². The van der Waals surface area contributed by atoms with Gasteiger partial charge in [0.05, 0.1) is 5.34 Å². The normalized spacial score (nSPS) is 25.6. The first-order valence-corrected chi connectivity index (χ1v) is 18.0. The molecule has 6 aliphatic heterocycles. The van der Waals surface area contributed by atoms with Gasteiger partial charge in [0.1, 0.15) is 16.7 Å². The molecule has 6 fully saturated rings. The van der Waals surface area contributed by atoms with Gasteiger partial charge >= 0.3 is 21.1 Å². The monoisotopic (exact) mass is 831 g/mol. The van der Waals surface area contributed by atoms with E-state index >= 15 is 0 Å². The van der Waals surface area contributed by atoms with E-state index in [1.165, 1.54) is 156 Å². The molecule has 0 N–H and O–H groups in total. The Morgan fingerprint density at radius 2 is 0.447 bits per heavy atom. The molecule has 0 bridgehead atoms.